The van der Waals surface area contributed by atoms with Gasteiger partial charge in [-0.3, -0.25) is 9.89 Å². The zero-order chi connectivity index (χ0) is 24.0. The lowest BCUT2D eigenvalue weighted by molar-refractivity contribution is -0.142. The molecule has 0 fully saturated rings. The molecule has 1 N–H and O–H groups in total. The van der Waals surface area contributed by atoms with Crippen LogP contribution in [0.15, 0.2) is 24.4 Å². The number of halogens is 5. The van der Waals surface area contributed by atoms with Gasteiger partial charge in [-0.05, 0) is 32.0 Å². The highest BCUT2D eigenvalue weighted by atomic mass is 35.5. The summed E-state index contributed by atoms with van der Waals surface area (Å²) < 4.78 is 59.7. The summed E-state index contributed by atoms with van der Waals surface area (Å²) in [5, 5.41) is 5.56. The minimum atomic E-state index is -4.77. The van der Waals surface area contributed by atoms with Crippen molar-refractivity contribution < 1.29 is 31.9 Å². The van der Waals surface area contributed by atoms with Gasteiger partial charge < -0.3 is 9.64 Å². The number of alkyl halides is 3. The standard InChI is InChI=1S/C21H20ClF4N3O3/c1-10(2)32-19(31)13-8-29(18(30)12-6-5-11(23)7-14(12)22)9-20(3,4)15-16(13)27-28-17(15)21(24,25)26/h5-8,10H,9H2,1-4H3,(H,27,28). The van der Waals surface area contributed by atoms with Crippen LogP contribution in [0.2, 0.25) is 5.02 Å². The highest BCUT2D eigenvalue weighted by Crippen LogP contribution is 2.42. The molecule has 0 radical (unpaired) electrons. The Hall–Kier alpha value is -2.88. The summed E-state index contributed by atoms with van der Waals surface area (Å²) in [6.45, 7) is 5.90. The molecule has 6 nitrogen and oxygen atoms in total. The van der Waals surface area contributed by atoms with Crippen LogP contribution >= 0.6 is 11.6 Å². The van der Waals surface area contributed by atoms with E-state index in [4.69, 9.17) is 16.3 Å². The van der Waals surface area contributed by atoms with Crippen molar-refractivity contribution in [3.05, 3.63) is 57.8 Å². The summed E-state index contributed by atoms with van der Waals surface area (Å²) in [6, 6.07) is 3.15. The smallest absolute Gasteiger partial charge is 0.433 e. The second kappa shape index (κ2) is 8.23. The molecule has 0 aliphatic carbocycles. The molecular weight excluding hydrogens is 454 g/mol. The summed E-state index contributed by atoms with van der Waals surface area (Å²) in [6.07, 6.45) is -4.24. The van der Waals surface area contributed by atoms with Gasteiger partial charge in [0.15, 0.2) is 0 Å². The van der Waals surface area contributed by atoms with Crippen LogP contribution in [0.5, 0.6) is 0 Å². The molecule has 1 aliphatic rings. The Labute approximate surface area is 186 Å². The zero-order valence-electron chi connectivity index (χ0n) is 17.6. The van der Waals surface area contributed by atoms with Crippen molar-refractivity contribution in [1.29, 1.82) is 0 Å². The van der Waals surface area contributed by atoms with Gasteiger partial charge in [0.1, 0.15) is 22.8 Å². The number of benzene rings is 1. The number of nitrogens with one attached hydrogen (secondary N) is 1. The molecule has 2 aromatic rings. The monoisotopic (exact) mass is 473 g/mol. The summed E-state index contributed by atoms with van der Waals surface area (Å²) in [7, 11) is 0. The normalized spacial score (nSPS) is 15.8. The van der Waals surface area contributed by atoms with Crippen LogP contribution in [-0.4, -0.2) is 39.6 Å². The topological polar surface area (TPSA) is 75.3 Å². The molecule has 0 saturated heterocycles. The number of H-pyrrole nitrogens is 1. The van der Waals surface area contributed by atoms with E-state index in [-0.39, 0.29) is 34.0 Å². The van der Waals surface area contributed by atoms with Gasteiger partial charge in [0.05, 0.1) is 16.7 Å². The number of ether oxygens (including phenoxy) is 1. The number of aromatic nitrogens is 2. The van der Waals surface area contributed by atoms with Crippen molar-refractivity contribution in [3.8, 4) is 0 Å². The lowest BCUT2D eigenvalue weighted by atomic mass is 9.81. The van der Waals surface area contributed by atoms with Crippen molar-refractivity contribution in [2.45, 2.75) is 45.4 Å². The van der Waals surface area contributed by atoms with Crippen molar-refractivity contribution >= 4 is 29.1 Å². The largest absolute Gasteiger partial charge is 0.459 e. The van der Waals surface area contributed by atoms with Crippen LogP contribution < -0.4 is 0 Å². The summed E-state index contributed by atoms with van der Waals surface area (Å²) in [5.74, 6) is -2.32. The maximum absolute atomic E-state index is 13.7. The number of rotatable bonds is 3. The van der Waals surface area contributed by atoms with Gasteiger partial charge in [0, 0.05) is 23.7 Å². The van der Waals surface area contributed by atoms with E-state index < -0.39 is 41.1 Å². The van der Waals surface area contributed by atoms with Crippen molar-refractivity contribution in [2.24, 2.45) is 0 Å². The van der Waals surface area contributed by atoms with Crippen LogP contribution in [0.3, 0.4) is 0 Å². The zero-order valence-corrected chi connectivity index (χ0v) is 18.4. The van der Waals surface area contributed by atoms with Crippen LogP contribution in [-0.2, 0) is 21.1 Å². The molecule has 0 unspecified atom stereocenters. The molecule has 1 aromatic heterocycles. The van der Waals surface area contributed by atoms with Gasteiger partial charge in [-0.25, -0.2) is 9.18 Å². The number of hydrogen-bond acceptors (Lipinski definition) is 4. The molecule has 1 aromatic carbocycles. The molecule has 3 rings (SSSR count). The Morgan fingerprint density at radius 1 is 1.28 bits per heavy atom. The fraction of sp³-hybridized carbons (Fsp3) is 0.381. The molecule has 1 amide bonds. The molecule has 0 atom stereocenters. The molecule has 0 spiro atoms. The van der Waals surface area contributed by atoms with Gasteiger partial charge >= 0.3 is 12.1 Å². The van der Waals surface area contributed by atoms with Crippen LogP contribution in [0.4, 0.5) is 17.6 Å². The first kappa shape index (κ1) is 23.8. The van der Waals surface area contributed by atoms with E-state index in [0.717, 1.165) is 29.3 Å². The number of carbonyl (C=O) groups excluding carboxylic acids is 2. The molecule has 0 bridgehead atoms. The predicted octanol–water partition coefficient (Wildman–Crippen LogP) is 4.95. The number of carbonyl (C=O) groups is 2. The van der Waals surface area contributed by atoms with Crippen LogP contribution in [0, 0.1) is 5.82 Å². The van der Waals surface area contributed by atoms with E-state index in [9.17, 15) is 27.2 Å². The average Bonchev–Trinajstić information content (AvgIpc) is 3.05. The third-order valence-corrected chi connectivity index (χ3v) is 5.13. The van der Waals surface area contributed by atoms with Crippen molar-refractivity contribution in [1.82, 2.24) is 15.1 Å². The predicted molar refractivity (Wildman–Crippen MR) is 108 cm³/mol. The molecule has 2 heterocycles. The van der Waals surface area contributed by atoms with Crippen molar-refractivity contribution in [3.63, 3.8) is 0 Å². The Balaban J connectivity index is 2.19. The number of fused-ring (bicyclic) bond motifs is 1. The molecule has 11 heteroatoms. The maximum atomic E-state index is 13.7. The summed E-state index contributed by atoms with van der Waals surface area (Å²) >= 11 is 6.01. The second-order valence-corrected chi connectivity index (χ2v) is 8.67. The van der Waals surface area contributed by atoms with E-state index in [0.29, 0.717) is 0 Å². The highest BCUT2D eigenvalue weighted by Gasteiger charge is 2.46. The third kappa shape index (κ3) is 4.50. The molecule has 172 valence electrons. The summed E-state index contributed by atoms with van der Waals surface area (Å²) in [4.78, 5) is 27.0. The third-order valence-electron chi connectivity index (χ3n) is 4.82. The SMILES string of the molecule is CC(C)OC(=O)C1=CN(C(=O)c2ccc(F)cc2Cl)CC(C)(C)c2c1n[nH]c2C(F)(F)F. The van der Waals surface area contributed by atoms with E-state index in [1.54, 1.807) is 13.8 Å². The quantitative estimate of drug-likeness (QED) is 0.505. The molecule has 32 heavy (non-hydrogen) atoms. The Morgan fingerprint density at radius 2 is 1.94 bits per heavy atom. The van der Waals surface area contributed by atoms with E-state index >= 15 is 0 Å². The Kier molecular flexibility index (Phi) is 6.12. The minimum absolute atomic E-state index is 0.0751. The fourth-order valence-corrected chi connectivity index (χ4v) is 3.79. The first-order valence-corrected chi connectivity index (χ1v) is 9.95. The summed E-state index contributed by atoms with van der Waals surface area (Å²) in [5.41, 5.74) is -3.32. The number of esters is 1. The number of amides is 1. The number of aromatic amines is 1. The van der Waals surface area contributed by atoms with Gasteiger partial charge in [0.2, 0.25) is 0 Å². The fourth-order valence-electron chi connectivity index (χ4n) is 3.54. The average molecular weight is 474 g/mol. The van der Waals surface area contributed by atoms with Crippen molar-refractivity contribution in [2.75, 3.05) is 6.54 Å². The number of nitrogens with zero attached hydrogens (tertiary/aromatic N) is 2. The lowest BCUT2D eigenvalue weighted by Crippen LogP contribution is -2.38. The molecule has 0 saturated carbocycles. The van der Waals surface area contributed by atoms with Gasteiger partial charge in [-0.1, -0.05) is 25.4 Å². The Bertz CT molecular complexity index is 1110. The molecule has 1 aliphatic heterocycles. The molecular formula is C21H20ClF4N3O3. The Morgan fingerprint density at radius 3 is 2.50 bits per heavy atom. The maximum Gasteiger partial charge on any atom is 0.433 e. The minimum Gasteiger partial charge on any atom is -0.459 e. The van der Waals surface area contributed by atoms with Gasteiger partial charge in [-0.2, -0.15) is 18.3 Å². The van der Waals surface area contributed by atoms with Crippen LogP contribution in [0.25, 0.3) is 5.57 Å². The van der Waals surface area contributed by atoms with E-state index in [1.165, 1.54) is 13.8 Å². The van der Waals surface area contributed by atoms with E-state index in [1.807, 2.05) is 5.10 Å². The van der Waals surface area contributed by atoms with Gasteiger partial charge in [-0.15, -0.1) is 0 Å². The first-order valence-electron chi connectivity index (χ1n) is 9.57. The number of hydrogen-bond donors (Lipinski definition) is 1. The van der Waals surface area contributed by atoms with Crippen LogP contribution in [0.1, 0.15) is 55.0 Å². The van der Waals surface area contributed by atoms with E-state index in [2.05, 4.69) is 5.10 Å². The lowest BCUT2D eigenvalue weighted by Gasteiger charge is -2.30. The van der Waals surface area contributed by atoms with Gasteiger partial charge in [0.25, 0.3) is 5.91 Å². The highest BCUT2D eigenvalue weighted by molar-refractivity contribution is 6.34. The first-order chi connectivity index (χ1) is 14.7. The second-order valence-electron chi connectivity index (χ2n) is 8.26.